The zero-order valence-corrected chi connectivity index (χ0v) is 10.6. The van der Waals surface area contributed by atoms with Crippen LogP contribution < -0.4 is 5.32 Å². The molecule has 2 aliphatic heterocycles. The summed E-state index contributed by atoms with van der Waals surface area (Å²) < 4.78 is 5.73. The number of piperazine rings is 1. The van der Waals surface area contributed by atoms with Crippen LogP contribution >= 0.6 is 0 Å². The van der Waals surface area contributed by atoms with Gasteiger partial charge in [-0.05, 0) is 12.0 Å². The summed E-state index contributed by atoms with van der Waals surface area (Å²) in [5, 5.41) is 3.32. The fourth-order valence-corrected chi connectivity index (χ4v) is 2.89. The molecule has 1 aromatic rings. The molecular weight excluding hydrogens is 228 g/mol. The van der Waals surface area contributed by atoms with Gasteiger partial charge in [0.15, 0.2) is 0 Å². The number of nitrogens with one attached hydrogen (secondary N) is 1. The lowest BCUT2D eigenvalue weighted by Gasteiger charge is -2.30. The first kappa shape index (κ1) is 11.7. The molecule has 0 aromatic heterocycles. The number of rotatable bonds is 4. The molecule has 4 nitrogen and oxygen atoms in total. The van der Waals surface area contributed by atoms with Crippen molar-refractivity contribution in [1.82, 2.24) is 10.2 Å². The maximum atomic E-state index is 12.1. The summed E-state index contributed by atoms with van der Waals surface area (Å²) >= 11 is 0. The highest BCUT2D eigenvalue weighted by molar-refractivity contribution is 5.90. The van der Waals surface area contributed by atoms with Crippen molar-refractivity contribution in [3.63, 3.8) is 0 Å². The topological polar surface area (TPSA) is 41.6 Å². The van der Waals surface area contributed by atoms with Crippen molar-refractivity contribution < 1.29 is 9.53 Å². The van der Waals surface area contributed by atoms with Gasteiger partial charge in [0.1, 0.15) is 5.54 Å². The Kier molecular flexibility index (Phi) is 2.84. The van der Waals surface area contributed by atoms with E-state index in [1.807, 2.05) is 42.3 Å². The van der Waals surface area contributed by atoms with Gasteiger partial charge in [-0.25, -0.2) is 0 Å². The van der Waals surface area contributed by atoms with Crippen molar-refractivity contribution in [3.05, 3.63) is 35.9 Å². The van der Waals surface area contributed by atoms with Crippen LogP contribution in [0, 0.1) is 0 Å². The van der Waals surface area contributed by atoms with Gasteiger partial charge < -0.3 is 9.64 Å². The van der Waals surface area contributed by atoms with Crippen LogP contribution in [-0.2, 0) is 16.1 Å². The second kappa shape index (κ2) is 4.37. The second-order valence-electron chi connectivity index (χ2n) is 5.22. The predicted molar refractivity (Wildman–Crippen MR) is 68.0 cm³/mol. The molecule has 0 saturated carbocycles. The van der Waals surface area contributed by atoms with Gasteiger partial charge in [-0.2, -0.15) is 0 Å². The largest absolute Gasteiger partial charge is 0.374 e. The molecule has 2 fully saturated rings. The molecule has 0 spiro atoms. The van der Waals surface area contributed by atoms with Crippen molar-refractivity contribution in [1.29, 1.82) is 0 Å². The molecule has 0 radical (unpaired) electrons. The molecule has 1 aromatic carbocycles. The minimum absolute atomic E-state index is 0.173. The summed E-state index contributed by atoms with van der Waals surface area (Å²) in [5.41, 5.74) is 0.677. The SMILES string of the molecule is CN1C(=O)[C@]2(COCc3ccccc3)C[C@H]1CN2. The number of hydrogen-bond acceptors (Lipinski definition) is 3. The lowest BCUT2D eigenvalue weighted by Crippen LogP contribution is -2.57. The molecule has 18 heavy (non-hydrogen) atoms. The van der Waals surface area contributed by atoms with Crippen molar-refractivity contribution in [3.8, 4) is 0 Å². The van der Waals surface area contributed by atoms with E-state index in [2.05, 4.69) is 5.32 Å². The number of amides is 1. The number of hydrogen-bond donors (Lipinski definition) is 1. The lowest BCUT2D eigenvalue weighted by atomic mass is 10.0. The van der Waals surface area contributed by atoms with E-state index in [1.54, 1.807) is 0 Å². The Morgan fingerprint density at radius 2 is 2.22 bits per heavy atom. The maximum absolute atomic E-state index is 12.1. The van der Waals surface area contributed by atoms with Crippen molar-refractivity contribution in [2.75, 3.05) is 20.2 Å². The zero-order chi connectivity index (χ0) is 12.6. The molecule has 3 rings (SSSR count). The van der Waals surface area contributed by atoms with Crippen molar-refractivity contribution >= 4 is 5.91 Å². The number of nitrogens with zero attached hydrogens (tertiary/aromatic N) is 1. The molecule has 0 aliphatic carbocycles. The Morgan fingerprint density at radius 1 is 1.44 bits per heavy atom. The second-order valence-corrected chi connectivity index (χ2v) is 5.22. The van der Waals surface area contributed by atoms with Crippen LogP contribution in [-0.4, -0.2) is 42.6 Å². The Bertz CT molecular complexity index is 448. The van der Waals surface area contributed by atoms with Gasteiger partial charge in [0, 0.05) is 19.6 Å². The summed E-state index contributed by atoms with van der Waals surface area (Å²) in [4.78, 5) is 14.0. The van der Waals surface area contributed by atoms with E-state index in [1.165, 1.54) is 0 Å². The Morgan fingerprint density at radius 3 is 2.89 bits per heavy atom. The van der Waals surface area contributed by atoms with E-state index in [4.69, 9.17) is 4.74 Å². The number of benzene rings is 1. The minimum atomic E-state index is -0.464. The molecular formula is C14H18N2O2. The molecule has 1 N–H and O–H groups in total. The monoisotopic (exact) mass is 246 g/mol. The number of fused-ring (bicyclic) bond motifs is 2. The summed E-state index contributed by atoms with van der Waals surface area (Å²) in [6, 6.07) is 10.4. The molecule has 1 amide bonds. The molecule has 0 unspecified atom stereocenters. The minimum Gasteiger partial charge on any atom is -0.374 e. The van der Waals surface area contributed by atoms with E-state index in [9.17, 15) is 4.79 Å². The number of likely N-dealkylation sites (tertiary alicyclic amines) is 1. The zero-order valence-electron chi connectivity index (χ0n) is 10.6. The fourth-order valence-electron chi connectivity index (χ4n) is 2.89. The van der Waals surface area contributed by atoms with E-state index < -0.39 is 5.54 Å². The fraction of sp³-hybridized carbons (Fsp3) is 0.500. The number of carbonyl (C=O) groups is 1. The van der Waals surface area contributed by atoms with E-state index in [0.29, 0.717) is 19.3 Å². The molecule has 2 heterocycles. The third kappa shape index (κ3) is 1.82. The molecule has 2 atom stereocenters. The first-order valence-corrected chi connectivity index (χ1v) is 6.35. The average Bonchev–Trinajstić information content (AvgIpc) is 2.91. The van der Waals surface area contributed by atoms with Gasteiger partial charge in [0.2, 0.25) is 5.91 Å². The van der Waals surface area contributed by atoms with Gasteiger partial charge in [0.25, 0.3) is 0 Å². The smallest absolute Gasteiger partial charge is 0.245 e. The molecule has 2 saturated heterocycles. The van der Waals surface area contributed by atoms with Crippen LogP contribution in [0.3, 0.4) is 0 Å². The highest BCUT2D eigenvalue weighted by Crippen LogP contribution is 2.33. The number of carbonyl (C=O) groups excluding carboxylic acids is 1. The van der Waals surface area contributed by atoms with Crippen LogP contribution in [0.1, 0.15) is 12.0 Å². The summed E-state index contributed by atoms with van der Waals surface area (Å²) in [6.45, 7) is 1.91. The highest BCUT2D eigenvalue weighted by Gasteiger charge is 2.55. The number of ether oxygens (including phenoxy) is 1. The van der Waals surface area contributed by atoms with Crippen molar-refractivity contribution in [2.24, 2.45) is 0 Å². The van der Waals surface area contributed by atoms with E-state index in [0.717, 1.165) is 18.5 Å². The number of likely N-dealkylation sites (N-methyl/N-ethyl adjacent to an activating group) is 1. The highest BCUT2D eigenvalue weighted by atomic mass is 16.5. The lowest BCUT2D eigenvalue weighted by molar-refractivity contribution is -0.137. The standard InChI is InChI=1S/C14H18N2O2/c1-16-12-7-14(13(16)17,15-8-12)10-18-9-11-5-3-2-4-6-11/h2-6,12,15H,7-10H2,1H3/t12-,14+/m0/s1. The summed E-state index contributed by atoms with van der Waals surface area (Å²) in [7, 11) is 1.88. The Hall–Kier alpha value is -1.39. The molecule has 2 bridgehead atoms. The Labute approximate surface area is 107 Å². The van der Waals surface area contributed by atoms with Crippen molar-refractivity contribution in [2.45, 2.75) is 24.6 Å². The third-order valence-corrected chi connectivity index (χ3v) is 4.00. The van der Waals surface area contributed by atoms with Crippen LogP contribution in [0.15, 0.2) is 30.3 Å². The van der Waals surface area contributed by atoms with Crippen LogP contribution in [0.2, 0.25) is 0 Å². The van der Waals surface area contributed by atoms with Crippen LogP contribution in [0.25, 0.3) is 0 Å². The van der Waals surface area contributed by atoms with Gasteiger partial charge in [0.05, 0.1) is 13.2 Å². The predicted octanol–water partition coefficient (Wildman–Crippen LogP) is 0.776. The summed E-state index contributed by atoms with van der Waals surface area (Å²) in [6.07, 6.45) is 0.872. The molecule has 96 valence electrons. The van der Waals surface area contributed by atoms with Gasteiger partial charge in [-0.15, -0.1) is 0 Å². The third-order valence-electron chi connectivity index (χ3n) is 4.00. The normalized spacial score (nSPS) is 30.2. The van der Waals surface area contributed by atoms with Crippen LogP contribution in [0.4, 0.5) is 0 Å². The first-order valence-electron chi connectivity index (χ1n) is 6.35. The van der Waals surface area contributed by atoms with E-state index in [-0.39, 0.29) is 5.91 Å². The van der Waals surface area contributed by atoms with Gasteiger partial charge >= 0.3 is 0 Å². The average molecular weight is 246 g/mol. The molecule has 2 aliphatic rings. The summed E-state index contributed by atoms with van der Waals surface area (Å²) in [5.74, 6) is 0.173. The quantitative estimate of drug-likeness (QED) is 0.853. The maximum Gasteiger partial charge on any atom is 0.245 e. The van der Waals surface area contributed by atoms with Gasteiger partial charge in [-0.1, -0.05) is 30.3 Å². The van der Waals surface area contributed by atoms with Crippen LogP contribution in [0.5, 0.6) is 0 Å². The Balaban J connectivity index is 1.59. The molecule has 4 heteroatoms. The van der Waals surface area contributed by atoms with E-state index >= 15 is 0 Å². The van der Waals surface area contributed by atoms with Gasteiger partial charge in [-0.3, -0.25) is 10.1 Å². The first-order chi connectivity index (χ1) is 8.71.